The number of hydrogen-bond donors (Lipinski definition) is 0. The number of benzene rings is 1. The van der Waals surface area contributed by atoms with Crippen LogP contribution in [0.4, 0.5) is 0 Å². The van der Waals surface area contributed by atoms with E-state index in [0.717, 1.165) is 16.9 Å². The lowest BCUT2D eigenvalue weighted by molar-refractivity contribution is 0.0536. The number of hydrogen-bond acceptors (Lipinski definition) is 4. The summed E-state index contributed by atoms with van der Waals surface area (Å²) in [4.78, 5) is 29.7. The molecule has 132 valence electrons. The molecule has 0 unspecified atom stereocenters. The molecule has 2 aromatic rings. The van der Waals surface area contributed by atoms with Gasteiger partial charge in [0.05, 0.1) is 17.6 Å². The molecule has 1 aromatic carbocycles. The van der Waals surface area contributed by atoms with Gasteiger partial charge in [0.2, 0.25) is 0 Å². The Labute approximate surface area is 151 Å². The minimum Gasteiger partial charge on any atom is -0.496 e. The fraction of sp³-hybridized carbons (Fsp3) is 0.368. The second-order valence-corrected chi connectivity index (χ2v) is 6.90. The van der Waals surface area contributed by atoms with E-state index in [0.29, 0.717) is 37.5 Å². The van der Waals surface area contributed by atoms with Crippen LogP contribution in [0.3, 0.4) is 0 Å². The SMILES string of the molecule is CCc1ccc(OC)c(C(=O)N2CCN(C(=O)c3cccs3)CC2)c1. The van der Waals surface area contributed by atoms with Crippen molar-refractivity contribution in [3.63, 3.8) is 0 Å². The van der Waals surface area contributed by atoms with Crippen molar-refractivity contribution < 1.29 is 14.3 Å². The molecule has 0 radical (unpaired) electrons. The Balaban J connectivity index is 1.68. The van der Waals surface area contributed by atoms with E-state index in [9.17, 15) is 9.59 Å². The molecule has 0 atom stereocenters. The normalized spacial score (nSPS) is 14.5. The molecule has 0 N–H and O–H groups in total. The first kappa shape index (κ1) is 17.5. The van der Waals surface area contributed by atoms with Crippen molar-refractivity contribution in [2.45, 2.75) is 13.3 Å². The Bertz CT molecular complexity index is 750. The quantitative estimate of drug-likeness (QED) is 0.844. The number of aryl methyl sites for hydroxylation is 1. The number of carbonyl (C=O) groups excluding carboxylic acids is 2. The van der Waals surface area contributed by atoms with Crippen molar-refractivity contribution in [1.82, 2.24) is 9.80 Å². The fourth-order valence-electron chi connectivity index (χ4n) is 2.98. The number of thiophene rings is 1. The lowest BCUT2D eigenvalue weighted by Gasteiger charge is -2.34. The largest absolute Gasteiger partial charge is 0.496 e. The van der Waals surface area contributed by atoms with Crippen molar-refractivity contribution in [1.29, 1.82) is 0 Å². The Kier molecular flexibility index (Phi) is 5.38. The van der Waals surface area contributed by atoms with Crippen LogP contribution in [0.5, 0.6) is 5.75 Å². The molecule has 25 heavy (non-hydrogen) atoms. The van der Waals surface area contributed by atoms with Crippen molar-refractivity contribution in [3.05, 3.63) is 51.7 Å². The van der Waals surface area contributed by atoms with E-state index >= 15 is 0 Å². The summed E-state index contributed by atoms with van der Waals surface area (Å²) in [5.41, 5.74) is 1.70. The summed E-state index contributed by atoms with van der Waals surface area (Å²) in [6, 6.07) is 9.45. The van der Waals surface area contributed by atoms with Crippen LogP contribution in [0.25, 0.3) is 0 Å². The van der Waals surface area contributed by atoms with Crippen LogP contribution in [0.1, 0.15) is 32.5 Å². The van der Waals surface area contributed by atoms with Crippen molar-refractivity contribution in [3.8, 4) is 5.75 Å². The molecule has 0 saturated carbocycles. The topological polar surface area (TPSA) is 49.9 Å². The van der Waals surface area contributed by atoms with E-state index in [2.05, 4.69) is 6.92 Å². The van der Waals surface area contributed by atoms with Gasteiger partial charge in [-0.15, -0.1) is 11.3 Å². The molecule has 5 nitrogen and oxygen atoms in total. The minimum absolute atomic E-state index is 0.0321. The number of ether oxygens (including phenoxy) is 1. The number of amides is 2. The van der Waals surface area contributed by atoms with Crippen molar-refractivity contribution in [2.75, 3.05) is 33.3 Å². The maximum Gasteiger partial charge on any atom is 0.264 e. The lowest BCUT2D eigenvalue weighted by Crippen LogP contribution is -2.50. The Morgan fingerprint density at radius 2 is 1.76 bits per heavy atom. The van der Waals surface area contributed by atoms with E-state index in [1.165, 1.54) is 11.3 Å². The third kappa shape index (κ3) is 3.69. The van der Waals surface area contributed by atoms with Crippen LogP contribution in [-0.4, -0.2) is 54.9 Å². The van der Waals surface area contributed by atoms with Crippen molar-refractivity contribution >= 4 is 23.2 Å². The molecule has 1 aliphatic heterocycles. The highest BCUT2D eigenvalue weighted by molar-refractivity contribution is 7.12. The predicted molar refractivity (Wildman–Crippen MR) is 98.5 cm³/mol. The summed E-state index contributed by atoms with van der Waals surface area (Å²) >= 11 is 1.45. The van der Waals surface area contributed by atoms with Gasteiger partial charge in [-0.3, -0.25) is 9.59 Å². The molecule has 0 bridgehead atoms. The molecule has 1 aromatic heterocycles. The average molecular weight is 358 g/mol. The monoisotopic (exact) mass is 358 g/mol. The van der Waals surface area contributed by atoms with Crippen LogP contribution >= 0.6 is 11.3 Å². The summed E-state index contributed by atoms with van der Waals surface area (Å²) in [6.45, 7) is 4.24. The Morgan fingerprint density at radius 3 is 2.32 bits per heavy atom. The van der Waals surface area contributed by atoms with E-state index in [1.54, 1.807) is 12.0 Å². The number of nitrogens with zero attached hydrogens (tertiary/aromatic N) is 2. The van der Waals surface area contributed by atoms with Gasteiger partial charge in [-0.05, 0) is 35.6 Å². The van der Waals surface area contributed by atoms with Gasteiger partial charge >= 0.3 is 0 Å². The van der Waals surface area contributed by atoms with Gasteiger partial charge in [0.25, 0.3) is 11.8 Å². The molecule has 1 saturated heterocycles. The van der Waals surface area contributed by atoms with Gasteiger partial charge in [0.15, 0.2) is 0 Å². The summed E-state index contributed by atoms with van der Waals surface area (Å²) < 4.78 is 5.35. The Morgan fingerprint density at radius 1 is 1.08 bits per heavy atom. The van der Waals surface area contributed by atoms with Gasteiger partial charge in [-0.25, -0.2) is 0 Å². The molecule has 2 heterocycles. The highest BCUT2D eigenvalue weighted by Gasteiger charge is 2.27. The number of methoxy groups -OCH3 is 1. The van der Waals surface area contributed by atoms with E-state index in [-0.39, 0.29) is 11.8 Å². The molecule has 1 fully saturated rings. The maximum absolute atomic E-state index is 12.9. The molecule has 0 spiro atoms. The summed E-state index contributed by atoms with van der Waals surface area (Å²) in [5, 5.41) is 1.90. The van der Waals surface area contributed by atoms with E-state index in [4.69, 9.17) is 4.74 Å². The van der Waals surface area contributed by atoms with Gasteiger partial charge < -0.3 is 14.5 Å². The maximum atomic E-state index is 12.9. The smallest absolute Gasteiger partial charge is 0.264 e. The van der Waals surface area contributed by atoms with Crippen LogP contribution < -0.4 is 4.74 Å². The first-order valence-electron chi connectivity index (χ1n) is 8.43. The van der Waals surface area contributed by atoms with Gasteiger partial charge in [0, 0.05) is 26.2 Å². The molecule has 1 aliphatic rings. The highest BCUT2D eigenvalue weighted by atomic mass is 32.1. The zero-order chi connectivity index (χ0) is 17.8. The third-order valence-corrected chi connectivity index (χ3v) is 5.35. The fourth-order valence-corrected chi connectivity index (χ4v) is 3.67. The predicted octanol–water partition coefficient (Wildman–Crippen LogP) is 2.92. The minimum atomic E-state index is -0.0321. The standard InChI is InChI=1S/C19H22N2O3S/c1-3-14-6-7-16(24-2)15(13-14)18(22)20-8-10-21(11-9-20)19(23)17-5-4-12-25-17/h4-7,12-13H,3,8-11H2,1-2H3. The zero-order valence-electron chi connectivity index (χ0n) is 14.5. The molecule has 6 heteroatoms. The van der Waals surface area contributed by atoms with Gasteiger partial charge in [-0.2, -0.15) is 0 Å². The first-order chi connectivity index (χ1) is 12.1. The number of carbonyl (C=O) groups is 2. The zero-order valence-corrected chi connectivity index (χ0v) is 15.3. The highest BCUT2D eigenvalue weighted by Crippen LogP contribution is 2.23. The first-order valence-corrected chi connectivity index (χ1v) is 9.31. The van der Waals surface area contributed by atoms with Gasteiger partial charge in [0.1, 0.15) is 5.75 Å². The van der Waals surface area contributed by atoms with Crippen LogP contribution in [0, 0.1) is 0 Å². The molecule has 2 amide bonds. The number of piperazine rings is 1. The number of rotatable bonds is 4. The van der Waals surface area contributed by atoms with E-state index in [1.807, 2.05) is 40.6 Å². The van der Waals surface area contributed by atoms with Crippen molar-refractivity contribution in [2.24, 2.45) is 0 Å². The molecule has 0 aliphatic carbocycles. The van der Waals surface area contributed by atoms with Gasteiger partial charge in [-0.1, -0.05) is 19.1 Å². The third-order valence-electron chi connectivity index (χ3n) is 4.49. The van der Waals surface area contributed by atoms with Crippen LogP contribution in [-0.2, 0) is 6.42 Å². The Hall–Kier alpha value is -2.34. The second-order valence-electron chi connectivity index (χ2n) is 5.95. The average Bonchev–Trinajstić information content (AvgIpc) is 3.21. The summed E-state index contributed by atoms with van der Waals surface area (Å²) in [5.74, 6) is 0.613. The van der Waals surface area contributed by atoms with E-state index < -0.39 is 0 Å². The summed E-state index contributed by atoms with van der Waals surface area (Å²) in [7, 11) is 1.58. The lowest BCUT2D eigenvalue weighted by atomic mass is 10.1. The molecular weight excluding hydrogens is 336 g/mol. The van der Waals surface area contributed by atoms with Crippen LogP contribution in [0.15, 0.2) is 35.7 Å². The van der Waals surface area contributed by atoms with Crippen LogP contribution in [0.2, 0.25) is 0 Å². The summed E-state index contributed by atoms with van der Waals surface area (Å²) in [6.07, 6.45) is 0.868. The second kappa shape index (κ2) is 7.70. The molecule has 3 rings (SSSR count). The molecular formula is C19H22N2O3S.